The Balaban J connectivity index is 2.18. The highest BCUT2D eigenvalue weighted by Gasteiger charge is 2.22. The Bertz CT molecular complexity index is 456. The zero-order valence-corrected chi connectivity index (χ0v) is 11.9. The predicted octanol–water partition coefficient (Wildman–Crippen LogP) is 3.96. The lowest BCUT2D eigenvalue weighted by molar-refractivity contribution is 0.0696. The summed E-state index contributed by atoms with van der Waals surface area (Å²) in [7, 11) is 0. The smallest absolute Gasteiger partial charge is 0.335 e. The molecule has 0 radical (unpaired) electrons. The molecule has 0 bridgehead atoms. The average Bonchev–Trinajstić information content (AvgIpc) is 2.33. The van der Waals surface area contributed by atoms with Crippen LogP contribution in [0.5, 0.6) is 5.75 Å². The summed E-state index contributed by atoms with van der Waals surface area (Å²) < 4.78 is 6.13. The number of benzene rings is 1. The number of hydrogen-bond acceptors (Lipinski definition) is 2. The van der Waals surface area contributed by atoms with Crippen molar-refractivity contribution in [3.8, 4) is 5.75 Å². The molecule has 3 heteroatoms. The van der Waals surface area contributed by atoms with Crippen LogP contribution in [-0.2, 0) is 0 Å². The van der Waals surface area contributed by atoms with E-state index in [0.717, 1.165) is 35.6 Å². The number of hydrogen-bond donors (Lipinski definition) is 1. The molecule has 2 atom stereocenters. The van der Waals surface area contributed by atoms with Crippen LogP contribution in [0.2, 0.25) is 0 Å². The molecule has 104 valence electrons. The third kappa shape index (κ3) is 3.28. The highest BCUT2D eigenvalue weighted by molar-refractivity contribution is 5.88. The molecular formula is C16H22O3. The topological polar surface area (TPSA) is 46.5 Å². The minimum Gasteiger partial charge on any atom is -0.490 e. The summed E-state index contributed by atoms with van der Waals surface area (Å²) in [6.45, 7) is 6.10. The van der Waals surface area contributed by atoms with Gasteiger partial charge in [0.15, 0.2) is 0 Å². The SMILES string of the molecule is Cc1cc(C(=O)O)cc(C)c1OC1CCCC(C)C1. The Hall–Kier alpha value is -1.51. The van der Waals surface area contributed by atoms with E-state index >= 15 is 0 Å². The number of carboxylic acid groups (broad SMARTS) is 1. The van der Waals surface area contributed by atoms with Crippen molar-refractivity contribution in [2.75, 3.05) is 0 Å². The average molecular weight is 262 g/mol. The van der Waals surface area contributed by atoms with E-state index in [-0.39, 0.29) is 6.10 Å². The molecule has 0 spiro atoms. The lowest BCUT2D eigenvalue weighted by Crippen LogP contribution is -2.24. The van der Waals surface area contributed by atoms with Gasteiger partial charge in [-0.05, 0) is 62.3 Å². The zero-order chi connectivity index (χ0) is 14.0. The van der Waals surface area contributed by atoms with E-state index in [9.17, 15) is 4.79 Å². The Labute approximate surface area is 114 Å². The maximum absolute atomic E-state index is 11.0. The van der Waals surface area contributed by atoms with Crippen molar-refractivity contribution in [1.29, 1.82) is 0 Å². The Morgan fingerprint density at radius 2 is 1.89 bits per heavy atom. The minimum absolute atomic E-state index is 0.275. The third-order valence-electron chi connectivity index (χ3n) is 3.88. The van der Waals surface area contributed by atoms with Crippen LogP contribution in [0.15, 0.2) is 12.1 Å². The fourth-order valence-corrected chi connectivity index (χ4v) is 2.91. The molecule has 1 aliphatic rings. The number of aromatic carboxylic acids is 1. The van der Waals surface area contributed by atoms with E-state index in [1.807, 2.05) is 13.8 Å². The summed E-state index contributed by atoms with van der Waals surface area (Å²) in [6, 6.07) is 3.38. The van der Waals surface area contributed by atoms with Gasteiger partial charge < -0.3 is 9.84 Å². The van der Waals surface area contributed by atoms with E-state index in [0.29, 0.717) is 5.56 Å². The van der Waals surface area contributed by atoms with Gasteiger partial charge in [-0.1, -0.05) is 13.3 Å². The Kier molecular flexibility index (Phi) is 4.13. The molecule has 0 amide bonds. The monoisotopic (exact) mass is 262 g/mol. The van der Waals surface area contributed by atoms with Gasteiger partial charge in [0.1, 0.15) is 5.75 Å². The first-order chi connectivity index (χ1) is 8.97. The normalized spacial score (nSPS) is 23.1. The van der Waals surface area contributed by atoms with Crippen LogP contribution < -0.4 is 4.74 Å². The quantitative estimate of drug-likeness (QED) is 0.896. The van der Waals surface area contributed by atoms with Crippen molar-refractivity contribution in [2.24, 2.45) is 5.92 Å². The van der Waals surface area contributed by atoms with Crippen molar-refractivity contribution in [1.82, 2.24) is 0 Å². The predicted molar refractivity (Wildman–Crippen MR) is 74.9 cm³/mol. The Morgan fingerprint density at radius 1 is 1.26 bits per heavy atom. The van der Waals surface area contributed by atoms with Crippen LogP contribution in [0, 0.1) is 19.8 Å². The first-order valence-corrected chi connectivity index (χ1v) is 6.98. The molecule has 0 heterocycles. The summed E-state index contributed by atoms with van der Waals surface area (Å²) in [5.41, 5.74) is 2.16. The second kappa shape index (κ2) is 5.64. The van der Waals surface area contributed by atoms with Gasteiger partial charge in [-0.15, -0.1) is 0 Å². The first kappa shape index (κ1) is 13.9. The van der Waals surface area contributed by atoms with Crippen molar-refractivity contribution in [3.05, 3.63) is 28.8 Å². The van der Waals surface area contributed by atoms with Crippen LogP contribution in [0.4, 0.5) is 0 Å². The van der Waals surface area contributed by atoms with Crippen molar-refractivity contribution >= 4 is 5.97 Å². The molecule has 1 saturated carbocycles. The van der Waals surface area contributed by atoms with Gasteiger partial charge in [0, 0.05) is 0 Å². The molecule has 19 heavy (non-hydrogen) atoms. The van der Waals surface area contributed by atoms with Crippen molar-refractivity contribution < 1.29 is 14.6 Å². The van der Waals surface area contributed by atoms with Crippen LogP contribution in [-0.4, -0.2) is 17.2 Å². The number of aryl methyl sites for hydroxylation is 2. The summed E-state index contributed by atoms with van der Waals surface area (Å²) >= 11 is 0. The molecule has 0 saturated heterocycles. The maximum atomic E-state index is 11.0. The van der Waals surface area contributed by atoms with Gasteiger partial charge >= 0.3 is 5.97 Å². The molecule has 1 N–H and O–H groups in total. The molecule has 0 aliphatic heterocycles. The minimum atomic E-state index is -0.885. The fourth-order valence-electron chi connectivity index (χ4n) is 2.91. The summed E-state index contributed by atoms with van der Waals surface area (Å²) in [5.74, 6) is 0.700. The molecule has 1 aliphatic carbocycles. The number of ether oxygens (including phenoxy) is 1. The second-order valence-electron chi connectivity index (χ2n) is 5.76. The fraction of sp³-hybridized carbons (Fsp3) is 0.562. The molecule has 2 unspecified atom stereocenters. The lowest BCUT2D eigenvalue weighted by atomic mass is 9.88. The molecule has 1 aromatic carbocycles. The molecule has 0 aromatic heterocycles. The van der Waals surface area contributed by atoms with Crippen molar-refractivity contribution in [3.63, 3.8) is 0 Å². The van der Waals surface area contributed by atoms with Crippen molar-refractivity contribution in [2.45, 2.75) is 52.6 Å². The van der Waals surface area contributed by atoms with Crippen LogP contribution in [0.25, 0.3) is 0 Å². The Morgan fingerprint density at radius 3 is 2.42 bits per heavy atom. The zero-order valence-electron chi connectivity index (χ0n) is 11.9. The van der Waals surface area contributed by atoms with E-state index in [1.165, 1.54) is 12.8 Å². The van der Waals surface area contributed by atoms with Gasteiger partial charge in [0.25, 0.3) is 0 Å². The molecule has 3 nitrogen and oxygen atoms in total. The largest absolute Gasteiger partial charge is 0.490 e. The van der Waals surface area contributed by atoms with Gasteiger partial charge in [-0.2, -0.15) is 0 Å². The van der Waals surface area contributed by atoms with E-state index < -0.39 is 5.97 Å². The van der Waals surface area contributed by atoms with Gasteiger partial charge in [0.2, 0.25) is 0 Å². The summed E-state index contributed by atoms with van der Waals surface area (Å²) in [6.07, 6.45) is 4.98. The second-order valence-corrected chi connectivity index (χ2v) is 5.76. The standard InChI is InChI=1S/C16H22O3/c1-10-5-4-6-14(7-10)19-15-11(2)8-13(16(17)18)9-12(15)3/h8-10,14H,4-7H2,1-3H3,(H,17,18). The maximum Gasteiger partial charge on any atom is 0.335 e. The van der Waals surface area contributed by atoms with Crippen LogP contribution in [0.3, 0.4) is 0 Å². The van der Waals surface area contributed by atoms with E-state index in [2.05, 4.69) is 6.92 Å². The highest BCUT2D eigenvalue weighted by atomic mass is 16.5. The third-order valence-corrected chi connectivity index (χ3v) is 3.88. The number of carboxylic acids is 1. The van der Waals surface area contributed by atoms with E-state index in [1.54, 1.807) is 12.1 Å². The van der Waals surface area contributed by atoms with Gasteiger partial charge in [-0.25, -0.2) is 4.79 Å². The summed E-state index contributed by atoms with van der Waals surface area (Å²) in [5, 5.41) is 9.04. The van der Waals surface area contributed by atoms with Crippen LogP contribution >= 0.6 is 0 Å². The van der Waals surface area contributed by atoms with Gasteiger partial charge in [-0.3, -0.25) is 0 Å². The first-order valence-electron chi connectivity index (χ1n) is 6.98. The van der Waals surface area contributed by atoms with Gasteiger partial charge in [0.05, 0.1) is 11.7 Å². The molecule has 1 fully saturated rings. The van der Waals surface area contributed by atoms with Crippen LogP contribution in [0.1, 0.15) is 54.1 Å². The lowest BCUT2D eigenvalue weighted by Gasteiger charge is -2.28. The highest BCUT2D eigenvalue weighted by Crippen LogP contribution is 2.31. The number of rotatable bonds is 3. The summed E-state index contributed by atoms with van der Waals surface area (Å²) in [4.78, 5) is 11.0. The molecule has 2 rings (SSSR count). The molecule has 1 aromatic rings. The number of carbonyl (C=O) groups is 1. The van der Waals surface area contributed by atoms with E-state index in [4.69, 9.17) is 9.84 Å². The molecular weight excluding hydrogens is 240 g/mol.